The molecule has 9 nitrogen and oxygen atoms in total. The van der Waals surface area contributed by atoms with Crippen molar-refractivity contribution in [2.45, 2.75) is 71.8 Å². The van der Waals surface area contributed by atoms with Crippen molar-refractivity contribution in [3.8, 4) is 0 Å². The van der Waals surface area contributed by atoms with E-state index >= 15 is 0 Å². The number of hydrogen-bond donors (Lipinski definition) is 1. The van der Waals surface area contributed by atoms with Crippen LogP contribution < -0.4 is 5.32 Å². The lowest BCUT2D eigenvalue weighted by atomic mass is 10.0. The number of carbonyl (C=O) groups is 3. The molecule has 2 aromatic carbocycles. The van der Waals surface area contributed by atoms with Crippen molar-refractivity contribution in [2.75, 3.05) is 0 Å². The fourth-order valence-electron chi connectivity index (χ4n) is 3.90. The predicted octanol–water partition coefficient (Wildman–Crippen LogP) is 4.18. The first kappa shape index (κ1) is 28.9. The minimum Gasteiger partial charge on any atom is -0.459 e. The summed E-state index contributed by atoms with van der Waals surface area (Å²) in [5.74, 6) is -1.24. The number of amides is 2. The summed E-state index contributed by atoms with van der Waals surface area (Å²) in [6.45, 7) is 10.1. The van der Waals surface area contributed by atoms with Gasteiger partial charge in [0.05, 0.1) is 5.54 Å². The van der Waals surface area contributed by atoms with Gasteiger partial charge >= 0.3 is 12.1 Å². The van der Waals surface area contributed by atoms with Crippen LogP contribution in [0.25, 0.3) is 4.91 Å². The number of carbonyl (C=O) groups excluding carboxylic acids is 3. The molecule has 204 valence electrons. The van der Waals surface area contributed by atoms with E-state index in [1.165, 1.54) is 0 Å². The molecule has 1 aliphatic rings. The number of sulfonamides is 1. The minimum absolute atomic E-state index is 0.0371. The summed E-state index contributed by atoms with van der Waals surface area (Å²) in [5, 5.41) is 2.57. The zero-order valence-electron chi connectivity index (χ0n) is 22.5. The van der Waals surface area contributed by atoms with Crippen LogP contribution in [-0.4, -0.2) is 47.9 Å². The largest absolute Gasteiger partial charge is 0.459 e. The van der Waals surface area contributed by atoms with Crippen LogP contribution in [0.5, 0.6) is 0 Å². The van der Waals surface area contributed by atoms with Gasteiger partial charge in [0.25, 0.3) is 15.9 Å². The van der Waals surface area contributed by atoms with E-state index in [9.17, 15) is 22.8 Å². The average Bonchev–Trinajstić information content (AvgIpc) is 3.05. The summed E-state index contributed by atoms with van der Waals surface area (Å²) in [4.78, 5) is 37.7. The van der Waals surface area contributed by atoms with E-state index in [0.717, 1.165) is 15.9 Å². The van der Waals surface area contributed by atoms with Gasteiger partial charge in [0, 0.05) is 12.5 Å². The second-order valence-electron chi connectivity index (χ2n) is 11.0. The van der Waals surface area contributed by atoms with E-state index in [0.29, 0.717) is 11.1 Å². The Kier molecular flexibility index (Phi) is 8.36. The Morgan fingerprint density at radius 1 is 0.921 bits per heavy atom. The van der Waals surface area contributed by atoms with Crippen LogP contribution in [-0.2, 0) is 42.1 Å². The van der Waals surface area contributed by atoms with Gasteiger partial charge in [-0.3, -0.25) is 4.79 Å². The zero-order valence-corrected chi connectivity index (χ0v) is 23.3. The van der Waals surface area contributed by atoms with Crippen molar-refractivity contribution in [3.63, 3.8) is 0 Å². The standard InChI is InChI=1S/C28H34N2O7S/c1-27(2,3)30-24(31)17-23(38(30,34)35)21-14-12-19(13-15-21)16-22(29-26(33)37-28(4,5)6)25(32)36-18-20-10-8-7-9-11-20/h7-15,17,22H,16,18H2,1-6H3,(H,29,33)/t22-/m0/s1. The first-order valence-corrected chi connectivity index (χ1v) is 13.6. The third-order valence-electron chi connectivity index (χ3n) is 5.46. The molecule has 0 bridgehead atoms. The summed E-state index contributed by atoms with van der Waals surface area (Å²) >= 11 is 0. The lowest BCUT2D eigenvalue weighted by molar-refractivity contribution is -0.147. The van der Waals surface area contributed by atoms with Gasteiger partial charge in [-0.15, -0.1) is 0 Å². The Bertz CT molecular complexity index is 1320. The maximum atomic E-state index is 13.0. The van der Waals surface area contributed by atoms with Crippen LogP contribution in [0.3, 0.4) is 0 Å². The fourth-order valence-corrected chi connectivity index (χ4v) is 5.79. The SMILES string of the molecule is CC(C)(C)OC(=O)N[C@@H](Cc1ccc(C2=CC(=O)N(C(C)(C)C)S2(=O)=O)cc1)C(=O)OCc1ccccc1. The summed E-state index contributed by atoms with van der Waals surface area (Å²) in [5.41, 5.74) is 0.113. The number of ether oxygens (including phenoxy) is 2. The zero-order chi connectivity index (χ0) is 28.3. The van der Waals surface area contributed by atoms with Gasteiger partial charge in [-0.05, 0) is 58.2 Å². The first-order chi connectivity index (χ1) is 17.6. The molecule has 3 rings (SSSR count). The maximum Gasteiger partial charge on any atom is 0.408 e. The van der Waals surface area contributed by atoms with Crippen LogP contribution in [0.1, 0.15) is 58.2 Å². The van der Waals surface area contributed by atoms with Crippen molar-refractivity contribution in [3.05, 3.63) is 77.4 Å². The minimum atomic E-state index is -4.01. The van der Waals surface area contributed by atoms with Gasteiger partial charge in [0.1, 0.15) is 23.2 Å². The monoisotopic (exact) mass is 542 g/mol. The molecular weight excluding hydrogens is 508 g/mol. The maximum absolute atomic E-state index is 13.0. The molecule has 10 heteroatoms. The third kappa shape index (κ3) is 7.22. The highest BCUT2D eigenvalue weighted by atomic mass is 32.2. The summed E-state index contributed by atoms with van der Waals surface area (Å²) in [6, 6.07) is 14.5. The molecular formula is C28H34N2O7S. The quantitative estimate of drug-likeness (QED) is 0.522. The normalized spacial score (nSPS) is 16.0. The smallest absolute Gasteiger partial charge is 0.408 e. The molecule has 1 heterocycles. The van der Waals surface area contributed by atoms with E-state index < -0.39 is 45.2 Å². The number of nitrogens with one attached hydrogen (secondary N) is 1. The summed E-state index contributed by atoms with van der Waals surface area (Å²) in [6.07, 6.45) is 0.425. The van der Waals surface area contributed by atoms with Crippen LogP contribution in [0, 0.1) is 0 Å². The molecule has 0 unspecified atom stereocenters. The van der Waals surface area contributed by atoms with Gasteiger partial charge in [0.15, 0.2) is 0 Å². The molecule has 2 amide bonds. The lowest BCUT2D eigenvalue weighted by Crippen LogP contribution is -2.45. The molecule has 0 fully saturated rings. The van der Waals surface area contributed by atoms with Crippen LogP contribution in [0.15, 0.2) is 60.7 Å². The molecule has 0 radical (unpaired) electrons. The highest BCUT2D eigenvalue weighted by Gasteiger charge is 2.44. The number of alkyl carbamates (subject to hydrolysis) is 1. The van der Waals surface area contributed by atoms with Gasteiger partial charge in [-0.25, -0.2) is 22.3 Å². The second kappa shape index (κ2) is 11.0. The number of nitrogens with zero attached hydrogens (tertiary/aromatic N) is 1. The molecule has 0 aromatic heterocycles. The third-order valence-corrected chi connectivity index (χ3v) is 7.58. The van der Waals surface area contributed by atoms with Crippen molar-refractivity contribution >= 4 is 32.9 Å². The fraction of sp³-hybridized carbons (Fsp3) is 0.393. The second-order valence-corrected chi connectivity index (χ2v) is 12.7. The summed E-state index contributed by atoms with van der Waals surface area (Å²) in [7, 11) is -4.01. The summed E-state index contributed by atoms with van der Waals surface area (Å²) < 4.78 is 37.7. The van der Waals surface area contributed by atoms with Crippen molar-refractivity contribution in [1.29, 1.82) is 0 Å². The molecule has 0 saturated heterocycles. The van der Waals surface area contributed by atoms with Gasteiger partial charge in [0.2, 0.25) is 0 Å². The molecule has 0 spiro atoms. The Morgan fingerprint density at radius 3 is 2.05 bits per heavy atom. The number of benzene rings is 2. The van der Waals surface area contributed by atoms with Crippen LogP contribution in [0.2, 0.25) is 0 Å². The Labute approximate surface area is 223 Å². The predicted molar refractivity (Wildman–Crippen MR) is 143 cm³/mol. The molecule has 0 saturated carbocycles. The van der Waals surface area contributed by atoms with E-state index in [2.05, 4.69) is 5.32 Å². The van der Waals surface area contributed by atoms with Crippen molar-refractivity contribution in [2.24, 2.45) is 0 Å². The number of esters is 1. The van der Waals surface area contributed by atoms with Crippen LogP contribution in [0.4, 0.5) is 4.79 Å². The highest BCUT2D eigenvalue weighted by molar-refractivity contribution is 7.99. The molecule has 38 heavy (non-hydrogen) atoms. The highest BCUT2D eigenvalue weighted by Crippen LogP contribution is 2.35. The van der Waals surface area contributed by atoms with E-state index in [1.54, 1.807) is 65.8 Å². The molecule has 2 aromatic rings. The Balaban J connectivity index is 1.78. The van der Waals surface area contributed by atoms with Crippen molar-refractivity contribution < 1.29 is 32.3 Å². The molecule has 0 aliphatic carbocycles. The van der Waals surface area contributed by atoms with E-state index in [1.807, 2.05) is 30.3 Å². The Morgan fingerprint density at radius 2 is 1.53 bits per heavy atom. The number of hydrogen-bond acceptors (Lipinski definition) is 7. The first-order valence-electron chi connectivity index (χ1n) is 12.2. The van der Waals surface area contributed by atoms with E-state index in [-0.39, 0.29) is 17.9 Å². The Hall–Kier alpha value is -3.66. The lowest BCUT2D eigenvalue weighted by Gasteiger charge is -2.30. The molecule has 1 aliphatic heterocycles. The van der Waals surface area contributed by atoms with Crippen molar-refractivity contribution in [1.82, 2.24) is 9.62 Å². The number of rotatable bonds is 7. The molecule has 1 N–H and O–H groups in total. The molecule has 1 atom stereocenters. The van der Waals surface area contributed by atoms with Gasteiger partial charge in [-0.1, -0.05) is 54.6 Å². The topological polar surface area (TPSA) is 119 Å². The van der Waals surface area contributed by atoms with E-state index in [4.69, 9.17) is 9.47 Å². The van der Waals surface area contributed by atoms with Gasteiger partial charge in [-0.2, -0.15) is 0 Å². The van der Waals surface area contributed by atoms with Gasteiger partial charge < -0.3 is 14.8 Å². The average molecular weight is 543 g/mol. The van der Waals surface area contributed by atoms with Crippen LogP contribution >= 0.6 is 0 Å².